The van der Waals surface area contributed by atoms with Crippen LogP contribution in [0, 0.1) is 0 Å². The number of halogens is 5. The quantitative estimate of drug-likeness (QED) is 0.570. The highest BCUT2D eigenvalue weighted by molar-refractivity contribution is 7.01. The third kappa shape index (κ3) is 2.93. The first-order chi connectivity index (χ1) is 7.15. The van der Waals surface area contributed by atoms with Gasteiger partial charge in [-0.25, -0.2) is 0 Å². The Hall–Kier alpha value is -0.193. The van der Waals surface area contributed by atoms with Gasteiger partial charge >= 0.3 is 6.18 Å². The highest BCUT2D eigenvalue weighted by Crippen LogP contribution is 2.29. The zero-order chi connectivity index (χ0) is 12.6. The molecule has 0 amide bonds. The Bertz CT molecular complexity index is 375. The van der Waals surface area contributed by atoms with E-state index in [2.05, 4.69) is 0 Å². The summed E-state index contributed by atoms with van der Waals surface area (Å²) >= 11 is 11.6. The third-order valence-corrected chi connectivity index (χ3v) is 8.64. The Kier molecular flexibility index (Phi) is 3.98. The molecule has 1 aromatic rings. The zero-order valence-electron chi connectivity index (χ0n) is 8.78. The van der Waals surface area contributed by atoms with Gasteiger partial charge in [-0.3, -0.25) is 0 Å². The van der Waals surface area contributed by atoms with Crippen LogP contribution in [0.5, 0.6) is 0 Å². The van der Waals surface area contributed by atoms with Gasteiger partial charge in [-0.05, 0) is 0 Å². The first-order valence-electron chi connectivity index (χ1n) is 4.61. The van der Waals surface area contributed by atoms with Crippen LogP contribution in [0.25, 0.3) is 0 Å². The van der Waals surface area contributed by atoms with Crippen LogP contribution in [0.3, 0.4) is 0 Å². The topological polar surface area (TPSA) is 0 Å². The van der Waals surface area contributed by atoms with E-state index < -0.39 is 24.3 Å². The Balaban J connectivity index is 3.18. The average molecular weight is 287 g/mol. The molecular formula is C10H11Cl2F3Si. The Labute approximate surface area is 103 Å². The third-order valence-electron chi connectivity index (χ3n) is 2.48. The molecule has 16 heavy (non-hydrogen) atoms. The normalized spacial score (nSPS) is 13.2. The maximum atomic E-state index is 12.5. The molecule has 0 spiro atoms. The second kappa shape index (κ2) is 4.59. The van der Waals surface area contributed by atoms with Gasteiger partial charge in [0.15, 0.2) is 0 Å². The van der Waals surface area contributed by atoms with Crippen molar-refractivity contribution in [1.82, 2.24) is 0 Å². The van der Waals surface area contributed by atoms with Crippen molar-refractivity contribution < 1.29 is 13.2 Å². The van der Waals surface area contributed by atoms with E-state index in [1.54, 1.807) is 6.07 Å². The first-order valence-corrected chi connectivity index (χ1v) is 8.56. The second-order valence-corrected chi connectivity index (χ2v) is 10.5. The summed E-state index contributed by atoms with van der Waals surface area (Å²) < 4.78 is 36.9. The van der Waals surface area contributed by atoms with Crippen molar-refractivity contribution in [3.05, 3.63) is 29.8 Å². The summed E-state index contributed by atoms with van der Waals surface area (Å²) in [6, 6.07) is 5.23. The first kappa shape index (κ1) is 13.9. The molecule has 0 saturated heterocycles. The summed E-state index contributed by atoms with van der Waals surface area (Å²) in [4.78, 5) is 0. The van der Waals surface area contributed by atoms with Crippen molar-refractivity contribution in [2.75, 3.05) is 0 Å². The van der Waals surface area contributed by atoms with E-state index >= 15 is 0 Å². The van der Waals surface area contributed by atoms with Crippen molar-refractivity contribution in [3.63, 3.8) is 0 Å². The summed E-state index contributed by atoms with van der Waals surface area (Å²) in [5, 5.41) is 0.609. The minimum atomic E-state index is -4.32. The van der Waals surface area contributed by atoms with Crippen LogP contribution in [0.4, 0.5) is 13.2 Å². The summed E-state index contributed by atoms with van der Waals surface area (Å²) in [5.74, 6) is 0. The predicted octanol–water partition coefficient (Wildman–Crippen LogP) is 3.96. The molecule has 0 nitrogen and oxygen atoms in total. The number of hydrogen-bond acceptors (Lipinski definition) is 0. The lowest BCUT2D eigenvalue weighted by atomic mass is 10.2. The van der Waals surface area contributed by atoms with Gasteiger partial charge < -0.3 is 0 Å². The molecule has 0 unspecified atom stereocenters. The SMILES string of the molecule is C[Si](C)(c1cccc(C(F)(F)F)c1)C(Cl)Cl. The molecule has 0 fully saturated rings. The van der Waals surface area contributed by atoms with Crippen LogP contribution in [-0.2, 0) is 6.18 Å². The Morgan fingerprint density at radius 2 is 1.75 bits per heavy atom. The van der Waals surface area contributed by atoms with Crippen molar-refractivity contribution in [2.45, 2.75) is 23.7 Å². The molecule has 0 aliphatic rings. The van der Waals surface area contributed by atoms with E-state index in [0.717, 1.165) is 12.1 Å². The summed E-state index contributed by atoms with van der Waals surface area (Å²) in [6.45, 7) is 3.68. The van der Waals surface area contributed by atoms with Crippen molar-refractivity contribution in [2.24, 2.45) is 0 Å². The van der Waals surface area contributed by atoms with Crippen LogP contribution in [0.2, 0.25) is 13.1 Å². The zero-order valence-corrected chi connectivity index (χ0v) is 11.3. The second-order valence-electron chi connectivity index (χ2n) is 4.10. The molecule has 6 heteroatoms. The molecule has 0 bridgehead atoms. The van der Waals surface area contributed by atoms with Gasteiger partial charge in [-0.15, -0.1) is 23.2 Å². The number of rotatable bonds is 2. The maximum Gasteiger partial charge on any atom is 0.416 e. The minimum absolute atomic E-state index is 0.609. The molecule has 1 aromatic carbocycles. The smallest absolute Gasteiger partial charge is 0.166 e. The highest BCUT2D eigenvalue weighted by atomic mass is 35.5. The van der Waals surface area contributed by atoms with E-state index in [4.69, 9.17) is 23.2 Å². The molecule has 0 heterocycles. The monoisotopic (exact) mass is 286 g/mol. The average Bonchev–Trinajstić information content (AvgIpc) is 2.16. The van der Waals surface area contributed by atoms with Gasteiger partial charge in [0.2, 0.25) is 0 Å². The van der Waals surface area contributed by atoms with Crippen molar-refractivity contribution in [1.29, 1.82) is 0 Å². The minimum Gasteiger partial charge on any atom is -0.166 e. The van der Waals surface area contributed by atoms with E-state index in [9.17, 15) is 13.2 Å². The molecule has 0 N–H and O–H groups in total. The number of benzene rings is 1. The van der Waals surface area contributed by atoms with Crippen LogP contribution in [0.15, 0.2) is 24.3 Å². The number of alkyl halides is 5. The van der Waals surface area contributed by atoms with Gasteiger partial charge in [0.1, 0.15) is 12.5 Å². The molecular weight excluding hydrogens is 276 g/mol. The van der Waals surface area contributed by atoms with E-state index in [1.807, 2.05) is 13.1 Å². The lowest BCUT2D eigenvalue weighted by Crippen LogP contribution is -2.48. The fourth-order valence-corrected chi connectivity index (χ4v) is 3.28. The fraction of sp³-hybridized carbons (Fsp3) is 0.400. The molecule has 90 valence electrons. The standard InChI is InChI=1S/C10H11Cl2F3Si/c1-16(2,9(11)12)8-5-3-4-7(6-8)10(13,14)15/h3-6,9H,1-2H3. The van der Waals surface area contributed by atoms with Gasteiger partial charge in [-0.1, -0.05) is 42.5 Å². The molecule has 1 rings (SSSR count). The lowest BCUT2D eigenvalue weighted by Gasteiger charge is -2.24. The van der Waals surface area contributed by atoms with E-state index in [1.165, 1.54) is 6.07 Å². The van der Waals surface area contributed by atoms with E-state index in [-0.39, 0.29) is 0 Å². The van der Waals surface area contributed by atoms with Crippen LogP contribution in [-0.4, -0.2) is 12.5 Å². The van der Waals surface area contributed by atoms with Crippen LogP contribution in [0.1, 0.15) is 5.56 Å². The maximum absolute atomic E-state index is 12.5. The summed E-state index contributed by atoms with van der Waals surface area (Å²) in [6.07, 6.45) is -4.32. The van der Waals surface area contributed by atoms with Crippen molar-refractivity contribution in [3.8, 4) is 0 Å². The summed E-state index contributed by atoms with van der Waals surface area (Å²) in [7, 11) is -2.24. The molecule has 0 saturated carbocycles. The molecule has 0 aliphatic carbocycles. The molecule has 0 aromatic heterocycles. The molecule has 0 aliphatic heterocycles. The van der Waals surface area contributed by atoms with Gasteiger partial charge in [0.25, 0.3) is 0 Å². The predicted molar refractivity (Wildman–Crippen MR) is 64.1 cm³/mol. The van der Waals surface area contributed by atoms with Crippen molar-refractivity contribution >= 4 is 36.5 Å². The van der Waals surface area contributed by atoms with Gasteiger partial charge in [0, 0.05) is 0 Å². The Morgan fingerprint density at radius 1 is 1.19 bits per heavy atom. The highest BCUT2D eigenvalue weighted by Gasteiger charge is 2.35. The van der Waals surface area contributed by atoms with Gasteiger partial charge in [-0.2, -0.15) is 13.2 Å². The van der Waals surface area contributed by atoms with E-state index in [0.29, 0.717) is 5.19 Å². The fourth-order valence-electron chi connectivity index (χ4n) is 1.22. The molecule has 0 radical (unpaired) electrons. The van der Waals surface area contributed by atoms with Gasteiger partial charge in [0.05, 0.1) is 5.56 Å². The van der Waals surface area contributed by atoms with Crippen LogP contribution < -0.4 is 5.19 Å². The Morgan fingerprint density at radius 3 is 2.19 bits per heavy atom. The number of hydrogen-bond donors (Lipinski definition) is 0. The summed E-state index contributed by atoms with van der Waals surface area (Å²) in [5.41, 5.74) is -0.653. The lowest BCUT2D eigenvalue weighted by molar-refractivity contribution is -0.137. The largest absolute Gasteiger partial charge is 0.416 e. The van der Waals surface area contributed by atoms with Crippen LogP contribution >= 0.6 is 23.2 Å². The molecule has 0 atom stereocenters.